The molecule has 0 bridgehead atoms. The SMILES string of the molecule is COc1ccc(N(C(=O)c2cc(C)cc(C)c2)[C@@H]2C=CS(=O)(=O)C2)cc1. The van der Waals surface area contributed by atoms with E-state index in [9.17, 15) is 13.2 Å². The summed E-state index contributed by atoms with van der Waals surface area (Å²) in [5.41, 5.74) is 3.13. The highest BCUT2D eigenvalue weighted by Gasteiger charge is 2.32. The van der Waals surface area contributed by atoms with Gasteiger partial charge in [-0.25, -0.2) is 8.42 Å². The van der Waals surface area contributed by atoms with Crippen LogP contribution in [0, 0.1) is 13.8 Å². The van der Waals surface area contributed by atoms with Crippen LogP contribution in [0.5, 0.6) is 5.75 Å². The maximum Gasteiger partial charge on any atom is 0.258 e. The first-order chi connectivity index (χ1) is 12.3. The highest BCUT2D eigenvalue weighted by molar-refractivity contribution is 7.94. The number of nitrogens with zero attached hydrogens (tertiary/aromatic N) is 1. The fraction of sp³-hybridized carbons (Fsp3) is 0.250. The van der Waals surface area contributed by atoms with Gasteiger partial charge in [0.15, 0.2) is 9.84 Å². The van der Waals surface area contributed by atoms with Gasteiger partial charge >= 0.3 is 0 Å². The topological polar surface area (TPSA) is 63.7 Å². The van der Waals surface area contributed by atoms with Crippen molar-refractivity contribution < 1.29 is 17.9 Å². The van der Waals surface area contributed by atoms with Gasteiger partial charge in [0.2, 0.25) is 0 Å². The Labute approximate surface area is 153 Å². The van der Waals surface area contributed by atoms with Crippen LogP contribution in [0.3, 0.4) is 0 Å². The van der Waals surface area contributed by atoms with Gasteiger partial charge in [-0.2, -0.15) is 0 Å². The third-order valence-electron chi connectivity index (χ3n) is 4.28. The molecule has 5 nitrogen and oxygen atoms in total. The Bertz CT molecular complexity index is 942. The van der Waals surface area contributed by atoms with Crippen LogP contribution in [0.25, 0.3) is 0 Å². The zero-order valence-electron chi connectivity index (χ0n) is 15.0. The lowest BCUT2D eigenvalue weighted by Crippen LogP contribution is -2.41. The van der Waals surface area contributed by atoms with E-state index in [1.807, 2.05) is 32.0 Å². The van der Waals surface area contributed by atoms with E-state index < -0.39 is 15.9 Å². The van der Waals surface area contributed by atoms with E-state index in [2.05, 4.69) is 0 Å². The van der Waals surface area contributed by atoms with E-state index >= 15 is 0 Å². The summed E-state index contributed by atoms with van der Waals surface area (Å²) in [5, 5.41) is 1.18. The van der Waals surface area contributed by atoms with Crippen molar-refractivity contribution in [3.05, 3.63) is 70.6 Å². The Hall–Kier alpha value is -2.60. The average molecular weight is 371 g/mol. The maximum atomic E-state index is 13.3. The molecule has 2 aromatic rings. The molecule has 3 rings (SSSR count). The summed E-state index contributed by atoms with van der Waals surface area (Å²) in [6.45, 7) is 3.86. The summed E-state index contributed by atoms with van der Waals surface area (Å²) in [7, 11) is -1.72. The van der Waals surface area contributed by atoms with Gasteiger partial charge in [0.1, 0.15) is 5.75 Å². The molecule has 1 aliphatic rings. The molecule has 0 spiro atoms. The highest BCUT2D eigenvalue weighted by atomic mass is 32.2. The lowest BCUT2D eigenvalue weighted by Gasteiger charge is -2.28. The monoisotopic (exact) mass is 371 g/mol. The molecule has 26 heavy (non-hydrogen) atoms. The number of ether oxygens (including phenoxy) is 1. The summed E-state index contributed by atoms with van der Waals surface area (Å²) >= 11 is 0. The summed E-state index contributed by atoms with van der Waals surface area (Å²) in [4.78, 5) is 14.8. The number of amides is 1. The molecule has 136 valence electrons. The number of sulfone groups is 1. The van der Waals surface area contributed by atoms with Gasteiger partial charge in [0.05, 0.1) is 18.9 Å². The summed E-state index contributed by atoms with van der Waals surface area (Å²) in [6.07, 6.45) is 1.57. The number of carbonyl (C=O) groups is 1. The first kappa shape index (κ1) is 18.2. The molecule has 1 atom stereocenters. The summed E-state index contributed by atoms with van der Waals surface area (Å²) in [6, 6.07) is 12.1. The van der Waals surface area contributed by atoms with Crippen LogP contribution in [-0.2, 0) is 9.84 Å². The van der Waals surface area contributed by atoms with Gasteiger partial charge < -0.3 is 9.64 Å². The molecule has 0 N–H and O–H groups in total. The molecular weight excluding hydrogens is 350 g/mol. The first-order valence-corrected chi connectivity index (χ1v) is 9.97. The van der Waals surface area contributed by atoms with Gasteiger partial charge in [-0.15, -0.1) is 0 Å². The minimum absolute atomic E-state index is 0.116. The van der Waals surface area contributed by atoms with Crippen LogP contribution in [0.1, 0.15) is 21.5 Å². The van der Waals surface area contributed by atoms with Gasteiger partial charge in [-0.1, -0.05) is 17.2 Å². The van der Waals surface area contributed by atoms with E-state index in [0.717, 1.165) is 11.1 Å². The Kier molecular flexibility index (Phi) is 4.87. The van der Waals surface area contributed by atoms with E-state index in [4.69, 9.17) is 4.74 Å². The lowest BCUT2D eigenvalue weighted by molar-refractivity contribution is 0.0983. The fourth-order valence-electron chi connectivity index (χ4n) is 3.16. The van der Waals surface area contributed by atoms with Crippen LogP contribution in [0.2, 0.25) is 0 Å². The number of aryl methyl sites for hydroxylation is 2. The number of hydrogen-bond acceptors (Lipinski definition) is 4. The molecule has 6 heteroatoms. The van der Waals surface area contributed by atoms with Crippen LogP contribution in [0.4, 0.5) is 5.69 Å². The van der Waals surface area contributed by atoms with E-state index in [-0.39, 0.29) is 11.7 Å². The van der Waals surface area contributed by atoms with Gasteiger partial charge in [0, 0.05) is 16.7 Å². The number of anilines is 1. The molecule has 2 aromatic carbocycles. The Morgan fingerprint density at radius 1 is 1.08 bits per heavy atom. The second kappa shape index (κ2) is 6.96. The van der Waals surface area contributed by atoms with Crippen molar-refractivity contribution in [2.75, 3.05) is 17.8 Å². The van der Waals surface area contributed by atoms with E-state index in [1.165, 1.54) is 10.3 Å². The van der Waals surface area contributed by atoms with Crippen molar-refractivity contribution in [1.29, 1.82) is 0 Å². The highest BCUT2D eigenvalue weighted by Crippen LogP contribution is 2.27. The molecule has 0 aliphatic carbocycles. The van der Waals surface area contributed by atoms with Crippen molar-refractivity contribution in [2.45, 2.75) is 19.9 Å². The fourth-order valence-corrected chi connectivity index (χ4v) is 4.43. The summed E-state index contributed by atoms with van der Waals surface area (Å²) in [5.74, 6) is 0.325. The summed E-state index contributed by atoms with van der Waals surface area (Å²) < 4.78 is 29.0. The minimum Gasteiger partial charge on any atom is -0.497 e. The maximum absolute atomic E-state index is 13.3. The molecule has 0 aromatic heterocycles. The normalized spacial score (nSPS) is 17.9. The molecule has 0 saturated carbocycles. The van der Waals surface area contributed by atoms with Gasteiger partial charge in [-0.05, 0) is 56.3 Å². The van der Waals surface area contributed by atoms with E-state index in [1.54, 1.807) is 37.5 Å². The van der Waals surface area contributed by atoms with Gasteiger partial charge in [0.25, 0.3) is 5.91 Å². The number of carbonyl (C=O) groups excluding carboxylic acids is 1. The molecule has 1 aliphatic heterocycles. The quantitative estimate of drug-likeness (QED) is 0.827. The number of rotatable bonds is 4. The molecule has 0 fully saturated rings. The van der Waals surface area contributed by atoms with Crippen LogP contribution in [-0.4, -0.2) is 33.2 Å². The third kappa shape index (κ3) is 3.80. The smallest absolute Gasteiger partial charge is 0.258 e. The molecule has 0 radical (unpaired) electrons. The largest absolute Gasteiger partial charge is 0.497 e. The second-order valence-electron chi connectivity index (χ2n) is 6.47. The van der Waals surface area contributed by atoms with Crippen LogP contribution < -0.4 is 9.64 Å². The van der Waals surface area contributed by atoms with Gasteiger partial charge in [-0.3, -0.25) is 4.79 Å². The molecule has 1 heterocycles. The number of hydrogen-bond donors (Lipinski definition) is 0. The van der Waals surface area contributed by atoms with Crippen molar-refractivity contribution in [3.63, 3.8) is 0 Å². The van der Waals surface area contributed by atoms with Crippen molar-refractivity contribution in [1.82, 2.24) is 0 Å². The lowest BCUT2D eigenvalue weighted by atomic mass is 10.0. The standard InChI is InChI=1S/C20H21NO4S/c1-14-10-15(2)12-16(11-14)20(22)21(18-8-9-26(23,24)13-18)17-4-6-19(25-3)7-5-17/h4-12,18H,13H2,1-3H3/t18-/m1/s1. The molecule has 1 amide bonds. The Morgan fingerprint density at radius 2 is 1.69 bits per heavy atom. The van der Waals surface area contributed by atoms with Crippen molar-refractivity contribution in [2.24, 2.45) is 0 Å². The number of methoxy groups -OCH3 is 1. The third-order valence-corrected chi connectivity index (χ3v) is 5.66. The molecule has 0 saturated heterocycles. The van der Waals surface area contributed by atoms with Crippen molar-refractivity contribution in [3.8, 4) is 5.75 Å². The second-order valence-corrected chi connectivity index (χ2v) is 8.41. The van der Waals surface area contributed by atoms with Crippen LogP contribution in [0.15, 0.2) is 53.9 Å². The van der Waals surface area contributed by atoms with Crippen LogP contribution >= 0.6 is 0 Å². The molecular formula is C20H21NO4S. The zero-order chi connectivity index (χ0) is 18.9. The number of benzene rings is 2. The predicted molar refractivity (Wildman–Crippen MR) is 102 cm³/mol. The minimum atomic E-state index is -3.29. The molecule has 0 unspecified atom stereocenters. The van der Waals surface area contributed by atoms with E-state index in [0.29, 0.717) is 17.0 Å². The Balaban J connectivity index is 2.04. The zero-order valence-corrected chi connectivity index (χ0v) is 15.8. The average Bonchev–Trinajstić information content (AvgIpc) is 2.94. The van der Waals surface area contributed by atoms with Crippen molar-refractivity contribution >= 4 is 21.4 Å². The predicted octanol–water partition coefficient (Wildman–Crippen LogP) is 3.27. The first-order valence-electron chi connectivity index (χ1n) is 8.26. The Morgan fingerprint density at radius 3 is 2.19 bits per heavy atom.